The van der Waals surface area contributed by atoms with E-state index in [4.69, 9.17) is 0 Å². The molecule has 0 aliphatic heterocycles. The van der Waals surface area contributed by atoms with Gasteiger partial charge in [0.05, 0.1) is 5.41 Å². The molecular weight excluding hydrogens is 180 g/mol. The highest BCUT2D eigenvalue weighted by Crippen LogP contribution is 2.56. The first-order valence-electron chi connectivity index (χ1n) is 4.97. The number of carbonyl (C=O) groups is 2. The number of carbonyl (C=O) groups excluding carboxylic acids is 1. The van der Waals surface area contributed by atoms with E-state index in [1.165, 1.54) is 0 Å². The lowest BCUT2D eigenvalue weighted by Crippen LogP contribution is -2.42. The van der Waals surface area contributed by atoms with Crippen LogP contribution in [0.25, 0.3) is 0 Å². The van der Waals surface area contributed by atoms with Gasteiger partial charge in [0.1, 0.15) is 5.78 Å². The van der Waals surface area contributed by atoms with Crippen molar-refractivity contribution in [2.75, 3.05) is 0 Å². The highest BCUT2D eigenvalue weighted by molar-refractivity contribution is 5.83. The Labute approximate surface area is 84.5 Å². The monoisotopic (exact) mass is 198 g/mol. The summed E-state index contributed by atoms with van der Waals surface area (Å²) in [5, 5.41) is 9.20. The zero-order chi connectivity index (χ0) is 11.1. The maximum Gasteiger partial charge on any atom is 0.309 e. The number of carboxylic acid groups (broad SMARTS) is 1. The summed E-state index contributed by atoms with van der Waals surface area (Å²) in [5.41, 5.74) is -1.20. The van der Waals surface area contributed by atoms with Crippen LogP contribution in [0.3, 0.4) is 0 Å². The van der Waals surface area contributed by atoms with Crippen LogP contribution in [0.2, 0.25) is 0 Å². The van der Waals surface area contributed by atoms with E-state index in [2.05, 4.69) is 0 Å². The van der Waals surface area contributed by atoms with E-state index >= 15 is 0 Å². The molecule has 80 valence electrons. The van der Waals surface area contributed by atoms with Gasteiger partial charge in [-0.25, -0.2) is 0 Å². The average molecular weight is 198 g/mol. The van der Waals surface area contributed by atoms with Crippen molar-refractivity contribution in [3.05, 3.63) is 0 Å². The first kappa shape index (κ1) is 11.2. The molecule has 0 aromatic carbocycles. The molecule has 0 spiro atoms. The second-order valence-corrected chi connectivity index (χ2v) is 5.06. The fraction of sp³-hybridized carbons (Fsp3) is 0.818. The lowest BCUT2D eigenvalue weighted by atomic mass is 9.65. The van der Waals surface area contributed by atoms with Gasteiger partial charge in [-0.15, -0.1) is 0 Å². The zero-order valence-electron chi connectivity index (χ0n) is 9.26. The predicted molar refractivity (Wildman–Crippen MR) is 52.9 cm³/mol. The van der Waals surface area contributed by atoms with Crippen molar-refractivity contribution in [3.8, 4) is 0 Å². The second-order valence-electron chi connectivity index (χ2n) is 5.06. The van der Waals surface area contributed by atoms with Gasteiger partial charge in [-0.1, -0.05) is 13.8 Å². The van der Waals surface area contributed by atoms with Crippen molar-refractivity contribution in [2.45, 2.75) is 40.5 Å². The molecule has 2 atom stereocenters. The Morgan fingerprint density at radius 1 is 1.29 bits per heavy atom. The highest BCUT2D eigenvalue weighted by Gasteiger charge is 2.57. The molecule has 0 heterocycles. The van der Waals surface area contributed by atoms with Gasteiger partial charge in [0.2, 0.25) is 0 Å². The Hall–Kier alpha value is -0.860. The summed E-state index contributed by atoms with van der Waals surface area (Å²) < 4.78 is 0. The molecule has 14 heavy (non-hydrogen) atoms. The number of Topliss-reactive ketones (excluding diaryl/α,β-unsaturated/α-hetero) is 1. The maximum atomic E-state index is 11.4. The summed E-state index contributed by atoms with van der Waals surface area (Å²) >= 11 is 0. The lowest BCUT2D eigenvalue weighted by Gasteiger charge is -2.37. The van der Waals surface area contributed by atoms with Crippen LogP contribution in [0, 0.1) is 16.7 Å². The molecule has 0 aromatic rings. The SMILES string of the molecule is CC(=O)C1CCC(C)(C(=O)O)C1(C)C. The third-order valence-electron chi connectivity index (χ3n) is 4.19. The maximum absolute atomic E-state index is 11.4. The number of hydrogen-bond acceptors (Lipinski definition) is 2. The van der Waals surface area contributed by atoms with Crippen LogP contribution in [0.5, 0.6) is 0 Å². The fourth-order valence-electron chi connectivity index (χ4n) is 2.59. The summed E-state index contributed by atoms with van der Waals surface area (Å²) in [7, 11) is 0. The van der Waals surface area contributed by atoms with Gasteiger partial charge >= 0.3 is 5.97 Å². The molecule has 1 aliphatic rings. The molecule has 0 aromatic heterocycles. The molecule has 1 aliphatic carbocycles. The standard InChI is InChI=1S/C11H18O3/c1-7(12)8-5-6-11(4,9(13)14)10(8,2)3/h8H,5-6H2,1-4H3,(H,13,14). The smallest absolute Gasteiger partial charge is 0.309 e. The van der Waals surface area contributed by atoms with Gasteiger partial charge in [0.25, 0.3) is 0 Å². The summed E-state index contributed by atoms with van der Waals surface area (Å²) in [6.07, 6.45) is 1.30. The predicted octanol–water partition coefficient (Wildman–Crippen LogP) is 2.10. The molecule has 3 heteroatoms. The fourth-order valence-corrected chi connectivity index (χ4v) is 2.59. The van der Waals surface area contributed by atoms with Gasteiger partial charge in [0.15, 0.2) is 0 Å². The Kier molecular flexibility index (Phi) is 2.46. The lowest BCUT2D eigenvalue weighted by molar-refractivity contribution is -0.154. The number of aliphatic carboxylic acids is 1. The van der Waals surface area contributed by atoms with Crippen molar-refractivity contribution in [1.82, 2.24) is 0 Å². The first-order chi connectivity index (χ1) is 6.23. The molecule has 0 radical (unpaired) electrons. The summed E-state index contributed by atoms with van der Waals surface area (Å²) in [6, 6.07) is 0. The van der Waals surface area contributed by atoms with Crippen LogP contribution in [0.4, 0.5) is 0 Å². The third kappa shape index (κ3) is 1.26. The third-order valence-corrected chi connectivity index (χ3v) is 4.19. The Bertz CT molecular complexity index is 280. The largest absolute Gasteiger partial charge is 0.481 e. The quantitative estimate of drug-likeness (QED) is 0.739. The summed E-state index contributed by atoms with van der Waals surface area (Å²) in [5.74, 6) is -0.783. The van der Waals surface area contributed by atoms with Crippen LogP contribution in [-0.4, -0.2) is 16.9 Å². The van der Waals surface area contributed by atoms with Crippen LogP contribution in [-0.2, 0) is 9.59 Å². The highest BCUT2D eigenvalue weighted by atomic mass is 16.4. The topological polar surface area (TPSA) is 54.4 Å². The Balaban J connectivity index is 3.08. The first-order valence-corrected chi connectivity index (χ1v) is 4.97. The van der Waals surface area contributed by atoms with E-state index in [-0.39, 0.29) is 11.7 Å². The van der Waals surface area contributed by atoms with E-state index in [0.29, 0.717) is 12.8 Å². The van der Waals surface area contributed by atoms with Crippen molar-refractivity contribution in [2.24, 2.45) is 16.7 Å². The van der Waals surface area contributed by atoms with Crippen molar-refractivity contribution < 1.29 is 14.7 Å². The minimum atomic E-state index is -0.786. The number of hydrogen-bond donors (Lipinski definition) is 1. The summed E-state index contributed by atoms with van der Waals surface area (Å²) in [6.45, 7) is 7.08. The van der Waals surface area contributed by atoms with Crippen LogP contribution in [0.15, 0.2) is 0 Å². The van der Waals surface area contributed by atoms with Crippen LogP contribution in [0.1, 0.15) is 40.5 Å². The van der Waals surface area contributed by atoms with Crippen LogP contribution < -0.4 is 0 Å². The van der Waals surface area contributed by atoms with E-state index in [1.807, 2.05) is 13.8 Å². The van der Waals surface area contributed by atoms with E-state index in [0.717, 1.165) is 0 Å². The Morgan fingerprint density at radius 3 is 2.00 bits per heavy atom. The van der Waals surface area contributed by atoms with Crippen LogP contribution >= 0.6 is 0 Å². The molecular formula is C11H18O3. The molecule has 1 N–H and O–H groups in total. The van der Waals surface area contributed by atoms with E-state index in [1.54, 1.807) is 13.8 Å². The normalized spacial score (nSPS) is 35.6. The van der Waals surface area contributed by atoms with Crippen molar-refractivity contribution in [3.63, 3.8) is 0 Å². The van der Waals surface area contributed by atoms with Gasteiger partial charge in [-0.05, 0) is 32.1 Å². The molecule has 0 saturated heterocycles. The molecule has 1 saturated carbocycles. The molecule has 0 amide bonds. The summed E-state index contributed by atoms with van der Waals surface area (Å²) in [4.78, 5) is 22.6. The minimum absolute atomic E-state index is 0.108. The van der Waals surface area contributed by atoms with E-state index in [9.17, 15) is 14.7 Å². The molecule has 1 rings (SSSR count). The zero-order valence-corrected chi connectivity index (χ0v) is 9.26. The molecule has 1 fully saturated rings. The molecule has 3 nitrogen and oxygen atoms in total. The van der Waals surface area contributed by atoms with Gasteiger partial charge in [-0.3, -0.25) is 9.59 Å². The average Bonchev–Trinajstić information content (AvgIpc) is 2.24. The van der Waals surface area contributed by atoms with E-state index < -0.39 is 16.8 Å². The van der Waals surface area contributed by atoms with Gasteiger partial charge in [0, 0.05) is 5.92 Å². The van der Waals surface area contributed by atoms with Gasteiger partial charge < -0.3 is 5.11 Å². The second kappa shape index (κ2) is 3.07. The number of carboxylic acids is 1. The van der Waals surface area contributed by atoms with Crippen molar-refractivity contribution in [1.29, 1.82) is 0 Å². The number of rotatable bonds is 2. The minimum Gasteiger partial charge on any atom is -0.481 e. The van der Waals surface area contributed by atoms with Crippen molar-refractivity contribution >= 4 is 11.8 Å². The number of ketones is 1. The van der Waals surface area contributed by atoms with Gasteiger partial charge in [-0.2, -0.15) is 0 Å². The molecule has 0 bridgehead atoms. The molecule has 2 unspecified atom stereocenters. The Morgan fingerprint density at radius 2 is 1.79 bits per heavy atom.